The molecule has 3 N–H and O–H groups in total. The molecular weight excluding hydrogens is 573 g/mol. The van der Waals surface area contributed by atoms with E-state index in [9.17, 15) is 18.8 Å². The molecule has 5 aromatic rings. The monoisotopic (exact) mass is 601 g/mol. The molecule has 1 atom stereocenters. The summed E-state index contributed by atoms with van der Waals surface area (Å²) in [4.78, 5) is 39.0. The summed E-state index contributed by atoms with van der Waals surface area (Å²) in [5.74, 6) is -1.63. The summed E-state index contributed by atoms with van der Waals surface area (Å²) < 4.78 is 17.9. The van der Waals surface area contributed by atoms with Crippen LogP contribution in [0.1, 0.15) is 35.9 Å². The van der Waals surface area contributed by atoms with Crippen LogP contribution < -0.4 is 16.2 Å². The van der Waals surface area contributed by atoms with Gasteiger partial charge in [0.15, 0.2) is 0 Å². The fraction of sp³-hybridized carbons (Fsp3) is 0.194. The summed E-state index contributed by atoms with van der Waals surface area (Å²) in [5, 5.41) is 16.4. The number of hydrogen-bond acceptors (Lipinski definition) is 5. The van der Waals surface area contributed by atoms with Crippen molar-refractivity contribution in [3.63, 3.8) is 0 Å². The van der Waals surface area contributed by atoms with Crippen molar-refractivity contribution in [1.82, 2.24) is 29.9 Å². The van der Waals surface area contributed by atoms with Crippen molar-refractivity contribution in [2.75, 3.05) is 5.32 Å². The van der Waals surface area contributed by atoms with Gasteiger partial charge in [-0.3, -0.25) is 24.2 Å². The first-order chi connectivity index (χ1) is 20.6. The maximum atomic E-state index is 14.9. The van der Waals surface area contributed by atoms with Gasteiger partial charge in [-0.2, -0.15) is 10.2 Å². The number of carbonyl (C=O) groups is 2. The molecule has 0 bridgehead atoms. The summed E-state index contributed by atoms with van der Waals surface area (Å²) >= 11 is 6.58. The normalized spacial score (nSPS) is 11.9. The third-order valence-corrected chi connectivity index (χ3v) is 7.39. The number of rotatable bonds is 9. The molecule has 0 aliphatic heterocycles. The molecule has 3 heterocycles. The molecule has 0 saturated carbocycles. The van der Waals surface area contributed by atoms with E-state index in [1.54, 1.807) is 42.2 Å². The van der Waals surface area contributed by atoms with Gasteiger partial charge in [-0.25, -0.2) is 4.39 Å². The van der Waals surface area contributed by atoms with Crippen molar-refractivity contribution in [2.24, 2.45) is 7.05 Å². The predicted octanol–water partition coefficient (Wildman–Crippen LogP) is 4.99. The molecule has 0 spiro atoms. The van der Waals surface area contributed by atoms with Gasteiger partial charge in [0.05, 0.1) is 6.20 Å². The van der Waals surface area contributed by atoms with Crippen molar-refractivity contribution < 1.29 is 14.0 Å². The van der Waals surface area contributed by atoms with E-state index in [0.29, 0.717) is 21.7 Å². The Bertz CT molecular complexity index is 1850. The molecular formula is C31H29ClFN7O3. The summed E-state index contributed by atoms with van der Waals surface area (Å²) in [6.07, 6.45) is 6.34. The first-order valence-corrected chi connectivity index (χ1v) is 13.9. The van der Waals surface area contributed by atoms with Crippen LogP contribution in [0.4, 0.5) is 10.1 Å². The van der Waals surface area contributed by atoms with Gasteiger partial charge < -0.3 is 15.2 Å². The first kappa shape index (κ1) is 29.5. The Morgan fingerprint density at radius 1 is 1.05 bits per heavy atom. The van der Waals surface area contributed by atoms with Crippen molar-refractivity contribution in [1.29, 1.82) is 0 Å². The molecule has 2 aromatic carbocycles. The van der Waals surface area contributed by atoms with Crippen molar-refractivity contribution >= 4 is 29.1 Å². The van der Waals surface area contributed by atoms with Crippen LogP contribution in [0, 0.1) is 5.82 Å². The van der Waals surface area contributed by atoms with E-state index in [-0.39, 0.29) is 29.4 Å². The first-order valence-electron chi connectivity index (χ1n) is 13.5. The fourth-order valence-electron chi connectivity index (χ4n) is 4.70. The van der Waals surface area contributed by atoms with Gasteiger partial charge >= 0.3 is 0 Å². The van der Waals surface area contributed by atoms with Crippen molar-refractivity contribution in [3.05, 3.63) is 112 Å². The lowest BCUT2D eigenvalue weighted by atomic mass is 9.99. The highest BCUT2D eigenvalue weighted by Crippen LogP contribution is 2.27. The van der Waals surface area contributed by atoms with E-state index >= 15 is 0 Å². The second kappa shape index (κ2) is 12.5. The molecule has 0 saturated heterocycles. The molecule has 3 aromatic heterocycles. The summed E-state index contributed by atoms with van der Waals surface area (Å²) in [6, 6.07) is 13.3. The zero-order chi connectivity index (χ0) is 30.7. The van der Waals surface area contributed by atoms with Crippen molar-refractivity contribution in [2.45, 2.75) is 32.4 Å². The molecule has 0 unspecified atom stereocenters. The standard InChI is InChI=1S/C31H29ClFN7O3/c1-18(2)40-17-20(5-9-29(40)41)19-4-8-25(32)21(12-19)13-27(38-31(43)28-10-11-36-39(28)3)30(42)37-23-6-7-24(26(33)14-23)22-15-34-35-16-22/h4-12,14-18,27H,13H2,1-3H3,(H,34,35)(H,37,42)(H,38,43)/t27-/m0/s1. The lowest BCUT2D eigenvalue weighted by Crippen LogP contribution is -2.45. The minimum absolute atomic E-state index is 0.0293. The SMILES string of the molecule is CC(C)n1cc(-c2ccc(Cl)c(C[C@H](NC(=O)c3ccnn3C)C(=O)Nc3ccc(-c4cn[nH]c4)c(F)c3)c2)ccc1=O. The summed E-state index contributed by atoms with van der Waals surface area (Å²) in [6.45, 7) is 3.84. The largest absolute Gasteiger partial charge is 0.339 e. The molecule has 0 aliphatic carbocycles. The number of amides is 2. The van der Waals surface area contributed by atoms with Gasteiger partial charge in [-0.05, 0) is 73.0 Å². The van der Waals surface area contributed by atoms with Crippen LogP contribution in [0.25, 0.3) is 22.3 Å². The zero-order valence-corrected chi connectivity index (χ0v) is 24.4. The molecule has 2 amide bonds. The Hall–Kier alpha value is -5.03. The van der Waals surface area contributed by atoms with E-state index < -0.39 is 23.7 Å². The maximum Gasteiger partial charge on any atom is 0.270 e. The van der Waals surface area contributed by atoms with Gasteiger partial charge in [0.2, 0.25) is 5.91 Å². The van der Waals surface area contributed by atoms with Gasteiger partial charge in [-0.1, -0.05) is 17.7 Å². The van der Waals surface area contributed by atoms with Gasteiger partial charge in [0.1, 0.15) is 17.6 Å². The number of aromatic amines is 1. The third-order valence-electron chi connectivity index (χ3n) is 7.02. The van der Waals surface area contributed by atoms with Crippen LogP contribution in [0.3, 0.4) is 0 Å². The van der Waals surface area contributed by atoms with Crippen LogP contribution in [0.2, 0.25) is 5.02 Å². The number of aryl methyl sites for hydroxylation is 1. The summed E-state index contributed by atoms with van der Waals surface area (Å²) in [7, 11) is 1.62. The number of anilines is 1. The number of pyridine rings is 1. The van der Waals surface area contributed by atoms with Crippen LogP contribution in [0.5, 0.6) is 0 Å². The minimum Gasteiger partial charge on any atom is -0.339 e. The molecule has 12 heteroatoms. The number of benzene rings is 2. The third kappa shape index (κ3) is 6.57. The Kier molecular flexibility index (Phi) is 8.53. The molecule has 10 nitrogen and oxygen atoms in total. The average Bonchev–Trinajstić information content (AvgIpc) is 3.66. The second-order valence-corrected chi connectivity index (χ2v) is 10.7. The number of nitrogens with one attached hydrogen (secondary N) is 3. The Balaban J connectivity index is 1.44. The second-order valence-electron chi connectivity index (χ2n) is 10.3. The maximum absolute atomic E-state index is 14.9. The number of nitrogens with zero attached hydrogens (tertiary/aromatic N) is 4. The van der Waals surface area contributed by atoms with Gasteiger partial charge in [-0.15, -0.1) is 0 Å². The smallest absolute Gasteiger partial charge is 0.270 e. The Labute approximate surface area is 251 Å². The number of carbonyl (C=O) groups excluding carboxylic acids is 2. The summed E-state index contributed by atoms with van der Waals surface area (Å²) in [5.41, 5.74) is 3.40. The molecule has 5 rings (SSSR count). The fourth-order valence-corrected chi connectivity index (χ4v) is 4.90. The molecule has 0 fully saturated rings. The Morgan fingerprint density at radius 3 is 2.51 bits per heavy atom. The quantitative estimate of drug-likeness (QED) is 0.219. The van der Waals surface area contributed by atoms with Crippen LogP contribution in [0.15, 0.2) is 84.2 Å². The van der Waals surface area contributed by atoms with E-state index in [0.717, 1.165) is 11.1 Å². The highest BCUT2D eigenvalue weighted by molar-refractivity contribution is 6.31. The number of halogens is 2. The topological polar surface area (TPSA) is 127 Å². The van der Waals surface area contributed by atoms with Crippen LogP contribution in [-0.4, -0.2) is 42.4 Å². The highest BCUT2D eigenvalue weighted by Gasteiger charge is 2.25. The van der Waals surface area contributed by atoms with Crippen LogP contribution >= 0.6 is 11.6 Å². The van der Waals surface area contributed by atoms with E-state index in [2.05, 4.69) is 25.9 Å². The number of H-pyrrole nitrogens is 1. The van der Waals surface area contributed by atoms with Gasteiger partial charge in [0, 0.05) is 66.0 Å². The molecule has 220 valence electrons. The van der Waals surface area contributed by atoms with E-state index in [1.165, 1.54) is 41.3 Å². The lowest BCUT2D eigenvalue weighted by molar-refractivity contribution is -0.118. The molecule has 43 heavy (non-hydrogen) atoms. The lowest BCUT2D eigenvalue weighted by Gasteiger charge is -2.20. The average molecular weight is 602 g/mol. The van der Waals surface area contributed by atoms with E-state index in [1.807, 2.05) is 26.0 Å². The number of aromatic nitrogens is 5. The minimum atomic E-state index is -1.09. The zero-order valence-electron chi connectivity index (χ0n) is 23.6. The van der Waals surface area contributed by atoms with Gasteiger partial charge in [0.25, 0.3) is 11.5 Å². The Morgan fingerprint density at radius 2 is 1.84 bits per heavy atom. The predicted molar refractivity (Wildman–Crippen MR) is 162 cm³/mol. The molecule has 0 radical (unpaired) electrons. The molecule has 0 aliphatic rings. The van der Waals surface area contributed by atoms with Crippen LogP contribution in [-0.2, 0) is 18.3 Å². The number of hydrogen-bond donors (Lipinski definition) is 3. The van der Waals surface area contributed by atoms with E-state index in [4.69, 9.17) is 11.6 Å². The highest BCUT2D eigenvalue weighted by atomic mass is 35.5. The van der Waals surface area contributed by atoms with Crippen molar-refractivity contribution in [3.8, 4) is 22.3 Å².